The van der Waals surface area contributed by atoms with Gasteiger partial charge in [0, 0.05) is 18.0 Å². The standard InChI is InChI=1S/C28H21F3N6O/c1-17-6-5-7-19(14-17)16-33-35-27(38)21-15-23(20-10-12-32-13-11-20)34-26-25(21)18(2)36-37(26)24-9-4-3-8-22(24)28(29,30)31/h3-16H,1-2H3,(H,35,38). The van der Waals surface area contributed by atoms with Crippen molar-refractivity contribution in [2.45, 2.75) is 20.0 Å². The van der Waals surface area contributed by atoms with Crippen LogP contribution in [0.3, 0.4) is 0 Å². The third-order valence-electron chi connectivity index (χ3n) is 5.89. The fraction of sp³-hybridized carbons (Fsp3) is 0.107. The van der Waals surface area contributed by atoms with Crippen LogP contribution in [-0.4, -0.2) is 31.9 Å². The highest BCUT2D eigenvalue weighted by atomic mass is 19.4. The number of amides is 1. The molecule has 1 amide bonds. The van der Waals surface area contributed by atoms with Crippen molar-refractivity contribution in [3.63, 3.8) is 0 Å². The molecule has 0 saturated carbocycles. The van der Waals surface area contributed by atoms with Gasteiger partial charge in [0.05, 0.1) is 39.8 Å². The Hall–Kier alpha value is -4.86. The summed E-state index contributed by atoms with van der Waals surface area (Å²) in [5, 5.41) is 8.77. The zero-order valence-corrected chi connectivity index (χ0v) is 20.4. The quantitative estimate of drug-likeness (QED) is 0.234. The van der Waals surface area contributed by atoms with Crippen LogP contribution >= 0.6 is 0 Å². The lowest BCUT2D eigenvalue weighted by Gasteiger charge is -2.13. The van der Waals surface area contributed by atoms with Crippen molar-refractivity contribution in [3.8, 4) is 16.9 Å². The largest absolute Gasteiger partial charge is 0.418 e. The molecule has 0 saturated heterocycles. The first-order chi connectivity index (χ1) is 18.2. The number of nitrogens with one attached hydrogen (secondary N) is 1. The van der Waals surface area contributed by atoms with E-state index in [0.717, 1.165) is 21.9 Å². The molecular formula is C28H21F3N6O. The minimum absolute atomic E-state index is 0.112. The molecule has 3 heterocycles. The van der Waals surface area contributed by atoms with Crippen LogP contribution in [0.2, 0.25) is 0 Å². The maximum atomic E-state index is 13.8. The van der Waals surface area contributed by atoms with Gasteiger partial charge >= 0.3 is 6.18 Å². The number of rotatable bonds is 5. The van der Waals surface area contributed by atoms with E-state index in [9.17, 15) is 18.0 Å². The molecule has 190 valence electrons. The summed E-state index contributed by atoms with van der Waals surface area (Å²) in [5.74, 6) is -0.552. The van der Waals surface area contributed by atoms with E-state index in [0.29, 0.717) is 22.3 Å². The predicted octanol–water partition coefficient (Wildman–Crippen LogP) is 5.88. The summed E-state index contributed by atoms with van der Waals surface area (Å²) < 4.78 is 42.7. The number of halogens is 3. The maximum absolute atomic E-state index is 13.8. The number of carbonyl (C=O) groups is 1. The van der Waals surface area contributed by atoms with Crippen molar-refractivity contribution in [2.75, 3.05) is 0 Å². The second-order valence-corrected chi connectivity index (χ2v) is 8.61. The number of hydrazone groups is 1. The number of aromatic nitrogens is 4. The molecular weight excluding hydrogens is 493 g/mol. The summed E-state index contributed by atoms with van der Waals surface area (Å²) in [6.07, 6.45) is 0.0301. The molecule has 38 heavy (non-hydrogen) atoms. The summed E-state index contributed by atoms with van der Waals surface area (Å²) in [4.78, 5) is 22.0. The lowest BCUT2D eigenvalue weighted by atomic mass is 10.1. The predicted molar refractivity (Wildman–Crippen MR) is 138 cm³/mol. The molecule has 5 aromatic rings. The zero-order valence-electron chi connectivity index (χ0n) is 20.4. The Morgan fingerprint density at radius 3 is 2.50 bits per heavy atom. The first-order valence-corrected chi connectivity index (χ1v) is 11.6. The Kier molecular flexibility index (Phi) is 6.46. The Morgan fingerprint density at radius 1 is 1.00 bits per heavy atom. The van der Waals surface area contributed by atoms with E-state index >= 15 is 0 Å². The fourth-order valence-electron chi connectivity index (χ4n) is 4.18. The first-order valence-electron chi connectivity index (χ1n) is 11.6. The van der Waals surface area contributed by atoms with Crippen molar-refractivity contribution < 1.29 is 18.0 Å². The van der Waals surface area contributed by atoms with Gasteiger partial charge in [0.15, 0.2) is 5.65 Å². The van der Waals surface area contributed by atoms with Gasteiger partial charge in [0.1, 0.15) is 0 Å². The Labute approximate surface area is 215 Å². The van der Waals surface area contributed by atoms with Gasteiger partial charge in [0.25, 0.3) is 5.91 Å². The minimum atomic E-state index is -4.61. The molecule has 0 aliphatic rings. The number of hydrogen-bond donors (Lipinski definition) is 1. The Balaban J connectivity index is 1.66. The number of aryl methyl sites for hydroxylation is 2. The average molecular weight is 515 g/mol. The third-order valence-corrected chi connectivity index (χ3v) is 5.89. The molecule has 0 unspecified atom stereocenters. The SMILES string of the molecule is Cc1cccc(C=NNC(=O)c2cc(-c3ccncc3)nc3c2c(C)nn3-c2ccccc2C(F)(F)F)c1. The van der Waals surface area contributed by atoms with Crippen LogP contribution in [0.15, 0.2) is 84.2 Å². The van der Waals surface area contributed by atoms with E-state index < -0.39 is 17.6 Å². The molecule has 5 rings (SSSR count). The van der Waals surface area contributed by atoms with Crippen LogP contribution in [0.25, 0.3) is 28.0 Å². The summed E-state index contributed by atoms with van der Waals surface area (Å²) in [7, 11) is 0. The average Bonchev–Trinajstić information content (AvgIpc) is 3.24. The lowest BCUT2D eigenvalue weighted by Crippen LogP contribution is -2.18. The number of carbonyl (C=O) groups excluding carboxylic acids is 1. The summed E-state index contributed by atoms with van der Waals surface area (Å²) >= 11 is 0. The van der Waals surface area contributed by atoms with Gasteiger partial charge in [-0.3, -0.25) is 9.78 Å². The smallest absolute Gasteiger partial charge is 0.267 e. The first kappa shape index (κ1) is 24.8. The molecule has 10 heteroatoms. The van der Waals surface area contributed by atoms with Gasteiger partial charge < -0.3 is 0 Å². The van der Waals surface area contributed by atoms with Gasteiger partial charge in [-0.15, -0.1) is 0 Å². The van der Waals surface area contributed by atoms with Crippen molar-refractivity contribution in [2.24, 2.45) is 5.10 Å². The third kappa shape index (κ3) is 4.88. The molecule has 0 fully saturated rings. The molecule has 7 nitrogen and oxygen atoms in total. The molecule has 0 atom stereocenters. The van der Waals surface area contributed by atoms with Gasteiger partial charge in [-0.2, -0.15) is 23.4 Å². The number of nitrogens with zero attached hydrogens (tertiary/aromatic N) is 5. The second kappa shape index (κ2) is 9.89. The molecule has 0 spiro atoms. The van der Waals surface area contributed by atoms with E-state index in [2.05, 4.69) is 25.6 Å². The van der Waals surface area contributed by atoms with E-state index in [1.807, 2.05) is 31.2 Å². The number of pyridine rings is 2. The molecule has 0 aliphatic carbocycles. The topological polar surface area (TPSA) is 85.1 Å². The van der Waals surface area contributed by atoms with E-state index in [1.165, 1.54) is 24.4 Å². The molecule has 3 aromatic heterocycles. The Morgan fingerprint density at radius 2 is 1.76 bits per heavy atom. The maximum Gasteiger partial charge on any atom is 0.418 e. The number of fused-ring (bicyclic) bond motifs is 1. The number of hydrogen-bond acceptors (Lipinski definition) is 5. The van der Waals surface area contributed by atoms with Crippen LogP contribution in [0.5, 0.6) is 0 Å². The van der Waals surface area contributed by atoms with E-state index in [1.54, 1.807) is 37.5 Å². The van der Waals surface area contributed by atoms with Crippen LogP contribution in [0.1, 0.15) is 32.7 Å². The highest BCUT2D eigenvalue weighted by Gasteiger charge is 2.35. The van der Waals surface area contributed by atoms with Crippen LogP contribution < -0.4 is 5.43 Å². The van der Waals surface area contributed by atoms with E-state index in [4.69, 9.17) is 0 Å². The minimum Gasteiger partial charge on any atom is -0.267 e. The molecule has 0 bridgehead atoms. The van der Waals surface area contributed by atoms with Crippen LogP contribution in [0, 0.1) is 13.8 Å². The van der Waals surface area contributed by atoms with Gasteiger partial charge in [-0.1, -0.05) is 42.0 Å². The summed E-state index contributed by atoms with van der Waals surface area (Å²) in [6, 6.07) is 17.7. The van der Waals surface area contributed by atoms with Crippen molar-refractivity contribution >= 4 is 23.2 Å². The molecule has 2 aromatic carbocycles. The number of benzene rings is 2. The number of para-hydroxylation sites is 1. The highest BCUT2D eigenvalue weighted by molar-refractivity contribution is 6.08. The fourth-order valence-corrected chi connectivity index (χ4v) is 4.18. The summed E-state index contributed by atoms with van der Waals surface area (Å²) in [6.45, 7) is 3.57. The Bertz CT molecular complexity index is 1680. The van der Waals surface area contributed by atoms with E-state index in [-0.39, 0.29) is 16.9 Å². The molecule has 0 radical (unpaired) electrons. The van der Waals surface area contributed by atoms with Gasteiger partial charge in [-0.05, 0) is 49.7 Å². The molecule has 0 aliphatic heterocycles. The summed E-state index contributed by atoms with van der Waals surface area (Å²) in [5.41, 5.74) is 4.95. The second-order valence-electron chi connectivity index (χ2n) is 8.61. The zero-order chi connectivity index (χ0) is 26.9. The van der Waals surface area contributed by atoms with Gasteiger partial charge in [0.2, 0.25) is 0 Å². The van der Waals surface area contributed by atoms with Crippen molar-refractivity contribution in [1.29, 1.82) is 0 Å². The van der Waals surface area contributed by atoms with Crippen molar-refractivity contribution in [3.05, 3.63) is 107 Å². The number of alkyl halides is 3. The van der Waals surface area contributed by atoms with Crippen molar-refractivity contribution in [1.82, 2.24) is 25.2 Å². The monoisotopic (exact) mass is 514 g/mol. The highest BCUT2D eigenvalue weighted by Crippen LogP contribution is 2.36. The van der Waals surface area contributed by atoms with Crippen LogP contribution in [-0.2, 0) is 6.18 Å². The van der Waals surface area contributed by atoms with Crippen LogP contribution in [0.4, 0.5) is 13.2 Å². The molecule has 1 N–H and O–H groups in total. The normalized spacial score (nSPS) is 11.8. The van der Waals surface area contributed by atoms with Gasteiger partial charge in [-0.25, -0.2) is 15.1 Å². The lowest BCUT2D eigenvalue weighted by molar-refractivity contribution is -0.137.